The first-order chi connectivity index (χ1) is 5.88. The van der Waals surface area contributed by atoms with Gasteiger partial charge >= 0.3 is 32.3 Å². The van der Waals surface area contributed by atoms with Gasteiger partial charge in [-0.2, -0.15) is 0 Å². The topological polar surface area (TPSA) is 155 Å². The van der Waals surface area contributed by atoms with E-state index < -0.39 is 52.0 Å². The van der Waals surface area contributed by atoms with Gasteiger partial charge in [0.15, 0.2) is 0 Å². The van der Waals surface area contributed by atoms with E-state index in [2.05, 4.69) is 0 Å². The van der Waals surface area contributed by atoms with Crippen molar-refractivity contribution in [3.63, 3.8) is 0 Å². The Labute approximate surface area is 86.4 Å². The van der Waals surface area contributed by atoms with Crippen molar-refractivity contribution in [1.29, 1.82) is 0 Å². The van der Waals surface area contributed by atoms with Crippen LogP contribution in [0.3, 0.4) is 0 Å². The summed E-state index contributed by atoms with van der Waals surface area (Å²) in [7, 11) is 0. The molecule has 9 heteroatoms. The Bertz CT molecular complexity index is 200. The predicted octanol–water partition coefficient (Wildman–Crippen LogP) is -5.03. The van der Waals surface area contributed by atoms with E-state index in [1.54, 1.807) is 0 Å². The van der Waals surface area contributed by atoms with E-state index in [1.165, 1.54) is 0 Å². The van der Waals surface area contributed by atoms with Crippen molar-refractivity contribution in [2.45, 2.75) is 12.2 Å². The van der Waals surface area contributed by atoms with E-state index in [0.29, 0.717) is 0 Å². The molecule has 0 aliphatic heterocycles. The van der Waals surface area contributed by atoms with E-state index in [0.717, 1.165) is 0 Å². The van der Waals surface area contributed by atoms with E-state index in [4.69, 9.17) is 14.7 Å². The molecule has 8 nitrogen and oxygen atoms in total. The molecule has 13 heavy (non-hydrogen) atoms. The first kappa shape index (κ1) is 15.0. The number of carbonyl (C=O) groups is 2. The van der Waals surface area contributed by atoms with Gasteiger partial charge in [0.05, 0.1) is 11.9 Å². The van der Waals surface area contributed by atoms with Crippen molar-refractivity contribution in [3.8, 4) is 0 Å². The molecule has 0 aromatic heterocycles. The van der Waals surface area contributed by atoms with E-state index in [9.17, 15) is 19.8 Å². The van der Waals surface area contributed by atoms with Gasteiger partial charge in [0.2, 0.25) is 0 Å². The Morgan fingerprint density at radius 2 is 1.15 bits per heavy atom. The van der Waals surface area contributed by atoms with Gasteiger partial charge in [-0.15, -0.1) is 0 Å². The van der Waals surface area contributed by atoms with Crippen molar-refractivity contribution < 1.29 is 62.3 Å². The first-order valence-electron chi connectivity index (χ1n) is 2.65. The van der Waals surface area contributed by atoms with Crippen LogP contribution in [0.4, 0.5) is 0 Å². The molecule has 0 bridgehead atoms. The fourth-order valence-electron chi connectivity index (χ4n) is 0.258. The summed E-state index contributed by atoms with van der Waals surface area (Å²) in [4.78, 5) is 19.3. The average molecular weight is 418 g/mol. The molecule has 0 amide bonds. The fourth-order valence-corrected chi connectivity index (χ4v) is 0.258. The van der Waals surface area contributed by atoms with Crippen molar-refractivity contribution in [1.82, 2.24) is 0 Å². The zero-order chi connectivity index (χ0) is 11.0. The van der Waals surface area contributed by atoms with Crippen LogP contribution in [0.2, 0.25) is 0 Å². The Morgan fingerprint density at radius 3 is 1.23 bits per heavy atom. The van der Waals surface area contributed by atoms with Crippen LogP contribution in [0, 0.1) is 27.8 Å². The van der Waals surface area contributed by atoms with Crippen molar-refractivity contribution in [2.24, 2.45) is 0 Å². The number of aliphatic carboxylic acids is 2. The predicted molar refractivity (Wildman–Crippen MR) is 23.4 cm³/mol. The molecule has 2 atom stereocenters. The van der Waals surface area contributed by atoms with E-state index >= 15 is 0 Å². The molecule has 0 aromatic carbocycles. The van der Waals surface area contributed by atoms with Crippen LogP contribution >= 0.6 is 0 Å². The molecule has 0 radical (unpaired) electrons. The second-order valence-corrected chi connectivity index (χ2v) is 2.31. The Morgan fingerprint density at radius 1 is 1.00 bits per heavy atom. The van der Waals surface area contributed by atoms with Gasteiger partial charge in [-0.3, -0.25) is 0 Å². The number of rotatable bonds is 3. The third-order valence-corrected chi connectivity index (χ3v) is 0.782. The minimum atomic E-state index is -2.51. The quantitative estimate of drug-likeness (QED) is 0.462. The van der Waals surface area contributed by atoms with Gasteiger partial charge in [0.25, 0.3) is 0 Å². The Kier molecular flexibility index (Phi) is 9.38. The summed E-state index contributed by atoms with van der Waals surface area (Å²) in [6.07, 6.45) is -4.88. The number of carboxylic acids is 2. The molecular weight excluding hydrogens is 414 g/mol. The van der Waals surface area contributed by atoms with E-state index in [1.807, 2.05) is 0 Å². The number of hydrogen-bond acceptors (Lipinski definition) is 8. The first-order valence-corrected chi connectivity index (χ1v) is 6.05. The van der Waals surface area contributed by atoms with Crippen molar-refractivity contribution in [3.05, 3.63) is 0 Å². The molecule has 2 unspecified atom stereocenters. The third kappa shape index (κ3) is 7.86. The van der Waals surface area contributed by atoms with Gasteiger partial charge in [-0.05, 0) is 0 Å². The van der Waals surface area contributed by atoms with Crippen LogP contribution in [0.15, 0.2) is 0 Å². The maximum absolute atomic E-state index is 9.63. The summed E-state index contributed by atoms with van der Waals surface area (Å²) in [6, 6.07) is 0. The summed E-state index contributed by atoms with van der Waals surface area (Å²) < 4.78 is 17.2. The number of hydrogen-bond donors (Lipinski definition) is 2. The van der Waals surface area contributed by atoms with E-state index in [-0.39, 0.29) is 0 Å². The standard InChI is InChI=1S/C4H6O6.2O.U/c5-1(3(7)8)2(6)4(9)10;;;/h1-2,5-6H,(H,7,8)(H,9,10);;;/q;;;+2/p-2. The minimum absolute atomic E-state index is 2.06. The zero-order valence-electron chi connectivity index (χ0n) is 6.00. The molecule has 0 fully saturated rings. The fraction of sp³-hybridized carbons (Fsp3) is 0.500. The number of aliphatic hydroxyl groups excluding tert-OH is 2. The van der Waals surface area contributed by atoms with Crippen LogP contribution in [0.1, 0.15) is 0 Å². The number of carboxylic acid groups (broad SMARTS) is 2. The molecule has 72 valence electrons. The summed E-state index contributed by atoms with van der Waals surface area (Å²) in [5.41, 5.74) is 0. The van der Waals surface area contributed by atoms with Crippen LogP contribution in [0.5, 0.6) is 0 Å². The molecule has 0 spiro atoms. The van der Waals surface area contributed by atoms with Gasteiger partial charge in [0, 0.05) is 0 Å². The zero-order valence-corrected chi connectivity index (χ0v) is 10.2. The van der Waals surface area contributed by atoms with Crippen LogP contribution in [-0.4, -0.2) is 34.4 Å². The van der Waals surface area contributed by atoms with Crippen LogP contribution in [-0.2, 0) is 14.1 Å². The number of aliphatic hydroxyl groups is 2. The second-order valence-electron chi connectivity index (χ2n) is 1.61. The molecule has 0 saturated heterocycles. The van der Waals surface area contributed by atoms with Gasteiger partial charge in [-0.1, -0.05) is 0 Å². The van der Waals surface area contributed by atoms with Crippen molar-refractivity contribution >= 4 is 11.9 Å². The monoisotopic (exact) mass is 418 g/mol. The van der Waals surface area contributed by atoms with Crippen LogP contribution in [0.25, 0.3) is 0 Å². The molecule has 0 heterocycles. The summed E-state index contributed by atoms with van der Waals surface area (Å²) in [5, 5.41) is 35.7. The van der Waals surface area contributed by atoms with Crippen molar-refractivity contribution in [2.75, 3.05) is 0 Å². The Balaban J connectivity index is 0. The molecule has 0 aromatic rings. The Hall–Kier alpha value is -0.488. The van der Waals surface area contributed by atoms with Gasteiger partial charge < -0.3 is 30.0 Å². The van der Waals surface area contributed by atoms with Crippen LogP contribution < -0.4 is 10.2 Å². The molecular formula is C4H4O8U. The molecule has 0 aliphatic rings. The summed E-state index contributed by atoms with van der Waals surface area (Å²) >= 11 is -2.51. The maximum atomic E-state index is 9.63. The molecule has 0 aliphatic carbocycles. The second kappa shape index (κ2) is 8.13. The third-order valence-electron chi connectivity index (χ3n) is 0.782. The molecule has 0 saturated carbocycles. The van der Waals surface area contributed by atoms with Gasteiger partial charge in [-0.25, -0.2) is 0 Å². The van der Waals surface area contributed by atoms with Gasteiger partial charge in [0.1, 0.15) is 12.2 Å². The average Bonchev–Trinajstić information content (AvgIpc) is 2.03. The number of carbonyl (C=O) groups excluding carboxylic acids is 2. The summed E-state index contributed by atoms with van der Waals surface area (Å²) in [6.45, 7) is 0. The molecule has 2 N–H and O–H groups in total. The normalized spacial score (nSPS) is 12.8. The molecule has 0 rings (SSSR count). The summed E-state index contributed by atoms with van der Waals surface area (Å²) in [5.74, 6) is -4.12. The SMILES string of the molecule is O=C([O-])C(O)C(O)C(=O)[O-].[O]=[U+2]=[O].